The highest BCUT2D eigenvalue weighted by Crippen LogP contribution is 2.45. The fraction of sp³-hybridized carbons (Fsp3) is 0.583. The lowest BCUT2D eigenvalue weighted by molar-refractivity contribution is -0.120. The maximum atomic E-state index is 12.3. The van der Waals surface area contributed by atoms with Crippen molar-refractivity contribution in [1.82, 2.24) is 10.3 Å². The van der Waals surface area contributed by atoms with Gasteiger partial charge < -0.3 is 15.2 Å². The van der Waals surface area contributed by atoms with Gasteiger partial charge >= 0.3 is 0 Å². The number of rotatable bonds is 2. The number of anilines is 1. The molecule has 4 nitrogen and oxygen atoms in total. The Hall–Kier alpha value is -1.29. The summed E-state index contributed by atoms with van der Waals surface area (Å²) in [4.78, 5) is 17.2. The quantitative estimate of drug-likeness (QED) is 0.779. The standard InChI is InChI=1S/C12H17N3O/c1-13-11-5-8-4-9(8)7-15(12(11)16)10-2-3-14-6-10/h2-3,6,8-9,11,13-14H,4-5,7H2,1H3. The molecule has 0 radical (unpaired) electrons. The number of aromatic amines is 1. The number of amides is 1. The summed E-state index contributed by atoms with van der Waals surface area (Å²) in [6.07, 6.45) is 6.05. The van der Waals surface area contributed by atoms with Gasteiger partial charge in [0.25, 0.3) is 0 Å². The summed E-state index contributed by atoms with van der Waals surface area (Å²) in [5.74, 6) is 1.69. The van der Waals surface area contributed by atoms with E-state index in [2.05, 4.69) is 10.3 Å². The Kier molecular flexibility index (Phi) is 2.24. The normalized spacial score (nSPS) is 33.4. The van der Waals surface area contributed by atoms with Crippen LogP contribution < -0.4 is 10.2 Å². The van der Waals surface area contributed by atoms with E-state index in [1.54, 1.807) is 0 Å². The molecule has 1 aromatic heterocycles. The monoisotopic (exact) mass is 219 g/mol. The molecule has 3 rings (SSSR count). The van der Waals surface area contributed by atoms with E-state index < -0.39 is 0 Å². The van der Waals surface area contributed by atoms with Gasteiger partial charge in [-0.25, -0.2) is 0 Å². The third kappa shape index (κ3) is 1.53. The Morgan fingerprint density at radius 1 is 1.44 bits per heavy atom. The number of H-pyrrole nitrogens is 1. The van der Waals surface area contributed by atoms with Crippen molar-refractivity contribution in [2.24, 2.45) is 11.8 Å². The Bertz CT molecular complexity index is 387. The van der Waals surface area contributed by atoms with Crippen LogP contribution in [0.3, 0.4) is 0 Å². The molecule has 1 aromatic rings. The van der Waals surface area contributed by atoms with Crippen LogP contribution in [0.5, 0.6) is 0 Å². The molecule has 86 valence electrons. The Balaban J connectivity index is 1.88. The first-order valence-electron chi connectivity index (χ1n) is 5.91. The van der Waals surface area contributed by atoms with Crippen molar-refractivity contribution in [1.29, 1.82) is 0 Å². The maximum absolute atomic E-state index is 12.3. The van der Waals surface area contributed by atoms with Gasteiger partial charge in [-0.15, -0.1) is 0 Å². The predicted octanol–water partition coefficient (Wildman–Crippen LogP) is 0.975. The third-order valence-electron chi connectivity index (χ3n) is 3.83. The van der Waals surface area contributed by atoms with E-state index in [-0.39, 0.29) is 11.9 Å². The number of carbonyl (C=O) groups excluding carboxylic acids is 1. The number of hydrogen-bond donors (Lipinski definition) is 2. The predicted molar refractivity (Wildman–Crippen MR) is 62.2 cm³/mol. The second-order valence-corrected chi connectivity index (χ2v) is 4.85. The van der Waals surface area contributed by atoms with E-state index >= 15 is 0 Å². The molecule has 3 unspecified atom stereocenters. The first-order valence-corrected chi connectivity index (χ1v) is 5.91. The molecule has 16 heavy (non-hydrogen) atoms. The summed E-state index contributed by atoms with van der Waals surface area (Å²) in [5.41, 5.74) is 0.998. The number of aromatic nitrogens is 1. The smallest absolute Gasteiger partial charge is 0.244 e. The highest BCUT2D eigenvalue weighted by atomic mass is 16.2. The molecule has 1 amide bonds. The molecule has 0 bridgehead atoms. The lowest BCUT2D eigenvalue weighted by atomic mass is 10.1. The Labute approximate surface area is 95.0 Å². The van der Waals surface area contributed by atoms with Crippen molar-refractivity contribution in [2.45, 2.75) is 18.9 Å². The molecule has 1 aliphatic carbocycles. The molecular formula is C12H17N3O. The molecule has 2 heterocycles. The lowest BCUT2D eigenvalue weighted by Crippen LogP contribution is -2.44. The average molecular weight is 219 g/mol. The van der Waals surface area contributed by atoms with E-state index in [1.165, 1.54) is 6.42 Å². The number of likely N-dealkylation sites (N-methyl/N-ethyl adjacent to an activating group) is 1. The van der Waals surface area contributed by atoms with Crippen LogP contribution in [-0.2, 0) is 4.79 Å². The number of carbonyl (C=O) groups is 1. The molecule has 2 aliphatic rings. The summed E-state index contributed by atoms with van der Waals surface area (Å²) in [6, 6.07) is 1.96. The lowest BCUT2D eigenvalue weighted by Gasteiger charge is -2.24. The second kappa shape index (κ2) is 3.63. The first-order chi connectivity index (χ1) is 7.79. The zero-order valence-electron chi connectivity index (χ0n) is 9.44. The van der Waals surface area contributed by atoms with Crippen molar-refractivity contribution >= 4 is 11.6 Å². The van der Waals surface area contributed by atoms with Crippen molar-refractivity contribution in [2.75, 3.05) is 18.5 Å². The second-order valence-electron chi connectivity index (χ2n) is 4.85. The highest BCUT2D eigenvalue weighted by Gasteiger charge is 2.45. The van der Waals surface area contributed by atoms with Crippen LogP contribution in [0.25, 0.3) is 0 Å². The van der Waals surface area contributed by atoms with Gasteiger partial charge in [0, 0.05) is 18.9 Å². The summed E-state index contributed by atoms with van der Waals surface area (Å²) >= 11 is 0. The van der Waals surface area contributed by atoms with Gasteiger partial charge in [0.15, 0.2) is 0 Å². The summed E-state index contributed by atoms with van der Waals surface area (Å²) in [7, 11) is 1.88. The minimum absolute atomic E-state index is 0.00704. The molecule has 0 aromatic carbocycles. The van der Waals surface area contributed by atoms with E-state index in [9.17, 15) is 4.79 Å². The fourth-order valence-corrected chi connectivity index (χ4v) is 2.70. The van der Waals surface area contributed by atoms with E-state index in [4.69, 9.17) is 0 Å². The number of hydrogen-bond acceptors (Lipinski definition) is 2. The number of nitrogens with one attached hydrogen (secondary N) is 2. The van der Waals surface area contributed by atoms with Crippen molar-refractivity contribution in [3.8, 4) is 0 Å². The minimum Gasteiger partial charge on any atom is -0.366 e. The van der Waals surface area contributed by atoms with Crippen molar-refractivity contribution in [3.63, 3.8) is 0 Å². The molecule has 1 saturated carbocycles. The van der Waals surface area contributed by atoms with Crippen LogP contribution >= 0.6 is 0 Å². The molecule has 3 atom stereocenters. The molecule has 1 saturated heterocycles. The van der Waals surface area contributed by atoms with Crippen LogP contribution in [0.15, 0.2) is 18.5 Å². The SMILES string of the molecule is CNC1CC2CC2CN(c2cc[nH]c2)C1=O. The van der Waals surface area contributed by atoms with E-state index in [1.807, 2.05) is 30.4 Å². The molecule has 4 heteroatoms. The van der Waals surface area contributed by atoms with Gasteiger partial charge in [-0.3, -0.25) is 4.79 Å². The third-order valence-corrected chi connectivity index (χ3v) is 3.83. The zero-order chi connectivity index (χ0) is 11.1. The maximum Gasteiger partial charge on any atom is 0.244 e. The van der Waals surface area contributed by atoms with E-state index in [0.717, 1.165) is 30.5 Å². The molecule has 2 N–H and O–H groups in total. The topological polar surface area (TPSA) is 48.1 Å². The zero-order valence-corrected chi connectivity index (χ0v) is 9.44. The van der Waals surface area contributed by atoms with Crippen LogP contribution in [0.1, 0.15) is 12.8 Å². The molecule has 0 spiro atoms. The molecular weight excluding hydrogens is 202 g/mol. The highest BCUT2D eigenvalue weighted by molar-refractivity contribution is 5.97. The molecule has 2 fully saturated rings. The van der Waals surface area contributed by atoms with Gasteiger partial charge in [0.05, 0.1) is 11.7 Å². The van der Waals surface area contributed by atoms with Crippen molar-refractivity contribution < 1.29 is 4.79 Å². The van der Waals surface area contributed by atoms with Gasteiger partial charge in [-0.2, -0.15) is 0 Å². The van der Waals surface area contributed by atoms with Gasteiger partial charge in [-0.05, 0) is 37.8 Å². The summed E-state index contributed by atoms with van der Waals surface area (Å²) in [6.45, 7) is 0.888. The fourth-order valence-electron chi connectivity index (χ4n) is 2.70. The van der Waals surface area contributed by atoms with Gasteiger partial charge in [0.1, 0.15) is 0 Å². The summed E-state index contributed by atoms with van der Waals surface area (Å²) < 4.78 is 0. The number of fused-ring (bicyclic) bond motifs is 1. The largest absolute Gasteiger partial charge is 0.366 e. The first kappa shape index (κ1) is 9.90. The average Bonchev–Trinajstić information content (AvgIpc) is 2.81. The summed E-state index contributed by atoms with van der Waals surface area (Å²) in [5, 5.41) is 3.14. The van der Waals surface area contributed by atoms with Gasteiger partial charge in [-0.1, -0.05) is 0 Å². The Morgan fingerprint density at radius 2 is 2.31 bits per heavy atom. The van der Waals surface area contributed by atoms with Crippen LogP contribution in [0, 0.1) is 11.8 Å². The number of nitrogens with zero attached hydrogens (tertiary/aromatic N) is 1. The van der Waals surface area contributed by atoms with Gasteiger partial charge in [0.2, 0.25) is 5.91 Å². The minimum atomic E-state index is -0.00704. The van der Waals surface area contributed by atoms with E-state index in [0.29, 0.717) is 0 Å². The Morgan fingerprint density at radius 3 is 3.00 bits per heavy atom. The van der Waals surface area contributed by atoms with Crippen LogP contribution in [-0.4, -0.2) is 30.5 Å². The van der Waals surface area contributed by atoms with Crippen LogP contribution in [0.4, 0.5) is 5.69 Å². The molecule has 1 aliphatic heterocycles. The van der Waals surface area contributed by atoms with Crippen molar-refractivity contribution in [3.05, 3.63) is 18.5 Å². The van der Waals surface area contributed by atoms with Crippen LogP contribution in [0.2, 0.25) is 0 Å².